The highest BCUT2D eigenvalue weighted by Gasteiger charge is 2.34. The first-order valence-electron chi connectivity index (χ1n) is 9.84. The lowest BCUT2D eigenvalue weighted by Crippen LogP contribution is -2.34. The minimum absolute atomic E-state index is 0.0823. The van der Waals surface area contributed by atoms with E-state index >= 15 is 0 Å². The molecule has 150 valence electrons. The Morgan fingerprint density at radius 1 is 1.39 bits per heavy atom. The molecular weight excluding hydrogens is 368 g/mol. The largest absolute Gasteiger partial charge is 0.390 e. The van der Waals surface area contributed by atoms with E-state index in [4.69, 9.17) is 10.5 Å². The molecule has 1 aromatic heterocycles. The quantitative estimate of drug-likeness (QED) is 0.637. The molecule has 1 unspecified atom stereocenters. The van der Waals surface area contributed by atoms with Crippen LogP contribution in [-0.4, -0.2) is 29.9 Å². The van der Waals surface area contributed by atoms with E-state index in [0.717, 1.165) is 43.0 Å². The zero-order chi connectivity index (χ0) is 20.0. The minimum Gasteiger partial charge on any atom is -0.390 e. The van der Waals surface area contributed by atoms with Gasteiger partial charge in [-0.3, -0.25) is 4.98 Å². The molecule has 0 fully saturated rings. The zero-order valence-corrected chi connectivity index (χ0v) is 17.8. The monoisotopic (exact) mass is 398 g/mol. The van der Waals surface area contributed by atoms with Crippen molar-refractivity contribution in [3.8, 4) is 0 Å². The predicted octanol–water partition coefficient (Wildman–Crippen LogP) is 4.80. The minimum atomic E-state index is 0.0823. The Labute approximate surface area is 172 Å². The molecule has 0 saturated heterocycles. The molecule has 0 saturated carbocycles. The van der Waals surface area contributed by atoms with Gasteiger partial charge in [-0.05, 0) is 54.9 Å². The third kappa shape index (κ3) is 4.86. The maximum Gasteiger partial charge on any atom is 0.164 e. The van der Waals surface area contributed by atoms with Gasteiger partial charge in [-0.25, -0.2) is 4.99 Å². The van der Waals surface area contributed by atoms with Gasteiger partial charge in [0.25, 0.3) is 0 Å². The van der Waals surface area contributed by atoms with Crippen LogP contribution in [0.25, 0.3) is 0 Å². The van der Waals surface area contributed by atoms with Gasteiger partial charge < -0.3 is 15.4 Å². The van der Waals surface area contributed by atoms with Gasteiger partial charge in [0, 0.05) is 36.3 Å². The summed E-state index contributed by atoms with van der Waals surface area (Å²) in [5.74, 6) is 0.811. The zero-order valence-electron chi connectivity index (χ0n) is 17.0. The molecule has 0 amide bonds. The summed E-state index contributed by atoms with van der Waals surface area (Å²) in [4.78, 5) is 12.1. The molecule has 1 atom stereocenters. The summed E-state index contributed by atoms with van der Waals surface area (Å²) < 4.78 is 5.50. The van der Waals surface area contributed by atoms with Crippen molar-refractivity contribution in [2.45, 2.75) is 46.0 Å². The molecule has 3 rings (SSSR count). The summed E-state index contributed by atoms with van der Waals surface area (Å²) in [6, 6.07) is 4.19. The summed E-state index contributed by atoms with van der Waals surface area (Å²) in [5.41, 5.74) is 9.01. The third-order valence-electron chi connectivity index (χ3n) is 5.14. The second-order valence-corrected chi connectivity index (χ2v) is 8.65. The Hall–Kier alpha value is -2.05. The van der Waals surface area contributed by atoms with Crippen LogP contribution in [0.5, 0.6) is 0 Å². The molecule has 2 heterocycles. The normalized spacial score (nSPS) is 22.3. The van der Waals surface area contributed by atoms with Crippen LogP contribution in [0.1, 0.15) is 45.1 Å². The van der Waals surface area contributed by atoms with Gasteiger partial charge in [0.05, 0.1) is 0 Å². The van der Waals surface area contributed by atoms with Crippen molar-refractivity contribution in [2.24, 2.45) is 16.1 Å². The van der Waals surface area contributed by atoms with Crippen LogP contribution in [0.2, 0.25) is 0 Å². The number of thioether (sulfide) groups is 1. The Kier molecular flexibility index (Phi) is 6.97. The lowest BCUT2D eigenvalue weighted by Gasteiger charge is -2.39. The first-order valence-corrected chi connectivity index (χ1v) is 10.7. The van der Waals surface area contributed by atoms with Gasteiger partial charge >= 0.3 is 0 Å². The van der Waals surface area contributed by atoms with Gasteiger partial charge in [-0.15, -0.1) is 0 Å². The smallest absolute Gasteiger partial charge is 0.164 e. The molecule has 1 aliphatic carbocycles. The molecular formula is C22H30N4OS. The Bertz CT molecular complexity index is 800. The van der Waals surface area contributed by atoms with Gasteiger partial charge in [0.1, 0.15) is 11.8 Å². The molecule has 28 heavy (non-hydrogen) atoms. The molecule has 0 spiro atoms. The van der Waals surface area contributed by atoms with E-state index in [1.165, 1.54) is 16.2 Å². The van der Waals surface area contributed by atoms with Crippen molar-refractivity contribution < 1.29 is 4.74 Å². The maximum absolute atomic E-state index is 6.35. The summed E-state index contributed by atoms with van der Waals surface area (Å²) in [5, 5.41) is 0.730. The van der Waals surface area contributed by atoms with Crippen molar-refractivity contribution in [1.82, 2.24) is 9.88 Å². The number of pyridine rings is 1. The first kappa shape index (κ1) is 20.7. The SMILES string of the molecule is CCCC=NC1=C(N)SC2=C(CC(C)(CCc3ccncc3)C=C2)N1COC. The van der Waals surface area contributed by atoms with E-state index in [0.29, 0.717) is 6.73 Å². The lowest BCUT2D eigenvalue weighted by atomic mass is 9.77. The van der Waals surface area contributed by atoms with Crippen LogP contribution in [0.15, 0.2) is 63.1 Å². The van der Waals surface area contributed by atoms with Gasteiger partial charge in [0.15, 0.2) is 5.82 Å². The average molecular weight is 399 g/mol. The number of rotatable bonds is 8. The third-order valence-corrected chi connectivity index (χ3v) is 6.13. The fourth-order valence-electron chi connectivity index (χ4n) is 3.48. The highest BCUT2D eigenvalue weighted by molar-refractivity contribution is 8.06. The molecule has 2 N–H and O–H groups in total. The predicted molar refractivity (Wildman–Crippen MR) is 117 cm³/mol. The van der Waals surface area contributed by atoms with Gasteiger partial charge in [0.2, 0.25) is 0 Å². The second-order valence-electron chi connectivity index (χ2n) is 7.57. The van der Waals surface area contributed by atoms with E-state index in [1.807, 2.05) is 18.6 Å². The van der Waals surface area contributed by atoms with Crippen molar-refractivity contribution in [3.05, 3.63) is 63.7 Å². The molecule has 1 aliphatic heterocycles. The van der Waals surface area contributed by atoms with E-state index in [2.05, 4.69) is 53.0 Å². The highest BCUT2D eigenvalue weighted by atomic mass is 32.2. The van der Waals surface area contributed by atoms with Crippen LogP contribution < -0.4 is 5.73 Å². The van der Waals surface area contributed by atoms with Crippen molar-refractivity contribution in [2.75, 3.05) is 13.8 Å². The number of ether oxygens (including phenoxy) is 1. The lowest BCUT2D eigenvalue weighted by molar-refractivity contribution is 0.0997. The molecule has 0 bridgehead atoms. The van der Waals surface area contributed by atoms with E-state index in [-0.39, 0.29) is 5.41 Å². The number of aromatic nitrogens is 1. The number of aryl methyl sites for hydroxylation is 1. The summed E-state index contributed by atoms with van der Waals surface area (Å²) in [6.07, 6.45) is 15.3. The molecule has 0 aromatic carbocycles. The van der Waals surface area contributed by atoms with Crippen LogP contribution in [0.3, 0.4) is 0 Å². The van der Waals surface area contributed by atoms with E-state index < -0.39 is 0 Å². The topological polar surface area (TPSA) is 63.7 Å². The molecule has 1 aromatic rings. The van der Waals surface area contributed by atoms with Crippen molar-refractivity contribution in [3.63, 3.8) is 0 Å². The first-order chi connectivity index (χ1) is 13.6. The Morgan fingerprint density at radius 3 is 2.89 bits per heavy atom. The molecule has 0 radical (unpaired) electrons. The summed E-state index contributed by atoms with van der Waals surface area (Å²) in [6.45, 7) is 4.92. The molecule has 6 heteroatoms. The summed E-state index contributed by atoms with van der Waals surface area (Å²) >= 11 is 1.61. The number of nitrogens with zero attached hydrogens (tertiary/aromatic N) is 3. The van der Waals surface area contributed by atoms with Crippen molar-refractivity contribution in [1.29, 1.82) is 0 Å². The number of allylic oxidation sites excluding steroid dienone is 3. The maximum atomic E-state index is 6.35. The highest BCUT2D eigenvalue weighted by Crippen LogP contribution is 2.47. The van der Waals surface area contributed by atoms with Crippen LogP contribution in [0, 0.1) is 5.41 Å². The van der Waals surface area contributed by atoms with Gasteiger partial charge in [-0.1, -0.05) is 38.1 Å². The van der Waals surface area contributed by atoms with Crippen molar-refractivity contribution >= 4 is 18.0 Å². The number of methoxy groups -OCH3 is 1. The number of aliphatic imine (C=N–C) groups is 1. The second kappa shape index (κ2) is 9.43. The molecule has 2 aliphatic rings. The standard InChI is InChI=1S/C22H30N4OS/c1-4-5-12-25-21-20(23)28-19-7-11-22(2,15-18(19)26(21)16-27-3)10-6-17-8-13-24-14-9-17/h7-9,11-14H,4-6,10,15-16,23H2,1-3H3. The van der Waals surface area contributed by atoms with E-state index in [1.54, 1.807) is 18.9 Å². The van der Waals surface area contributed by atoms with E-state index in [9.17, 15) is 0 Å². The van der Waals surface area contributed by atoms with Crippen LogP contribution >= 0.6 is 11.8 Å². The fourth-order valence-corrected chi connectivity index (χ4v) is 4.41. The number of nitrogens with two attached hydrogens (primary N) is 1. The average Bonchev–Trinajstić information content (AvgIpc) is 2.70. The Balaban J connectivity index is 1.78. The number of unbranched alkanes of at least 4 members (excludes halogenated alkanes) is 1. The van der Waals surface area contributed by atoms with Crippen LogP contribution in [-0.2, 0) is 11.2 Å². The number of hydrogen-bond acceptors (Lipinski definition) is 6. The number of hydrogen-bond donors (Lipinski definition) is 1. The van der Waals surface area contributed by atoms with Gasteiger partial charge in [-0.2, -0.15) is 0 Å². The Morgan fingerprint density at radius 2 is 2.18 bits per heavy atom. The molecule has 5 nitrogen and oxygen atoms in total. The summed E-state index contributed by atoms with van der Waals surface area (Å²) in [7, 11) is 1.72. The fraction of sp³-hybridized carbons (Fsp3) is 0.455. The van der Waals surface area contributed by atoms with Crippen LogP contribution in [0.4, 0.5) is 0 Å².